The maximum atomic E-state index is 13.4. The van der Waals surface area contributed by atoms with Crippen LogP contribution in [0.5, 0.6) is 0 Å². The summed E-state index contributed by atoms with van der Waals surface area (Å²) in [6, 6.07) is 8.50. The minimum Gasteiger partial charge on any atom is -0.462 e. The van der Waals surface area contributed by atoms with Crippen molar-refractivity contribution < 1.29 is 22.7 Å². The van der Waals surface area contributed by atoms with Crippen molar-refractivity contribution in [3.63, 3.8) is 0 Å². The number of halogens is 3. The van der Waals surface area contributed by atoms with Crippen LogP contribution in [0, 0.1) is 6.92 Å². The van der Waals surface area contributed by atoms with Gasteiger partial charge in [-0.25, -0.2) is 14.5 Å². The van der Waals surface area contributed by atoms with Crippen molar-refractivity contribution in [1.29, 1.82) is 0 Å². The Morgan fingerprint density at radius 3 is 2.68 bits per heavy atom. The van der Waals surface area contributed by atoms with E-state index in [1.54, 1.807) is 6.92 Å². The Morgan fingerprint density at radius 1 is 1.11 bits per heavy atom. The molecule has 190 valence electrons. The SMILES string of the molecule is CCOC(=O)c1cncc(-c2cnc(Nc3ccc4c(c3)CCC4)nc2-n2nc(C(F)(F)F)cc2C)c1. The number of carbonyl (C=O) groups is 1. The van der Waals surface area contributed by atoms with Crippen LogP contribution in [0.4, 0.5) is 24.8 Å². The van der Waals surface area contributed by atoms with Crippen molar-refractivity contribution >= 4 is 17.6 Å². The van der Waals surface area contributed by atoms with Gasteiger partial charge in [0.05, 0.1) is 12.2 Å². The van der Waals surface area contributed by atoms with E-state index in [2.05, 4.69) is 31.4 Å². The second kappa shape index (κ2) is 9.64. The van der Waals surface area contributed by atoms with Gasteiger partial charge in [0.2, 0.25) is 5.95 Å². The number of benzene rings is 1. The summed E-state index contributed by atoms with van der Waals surface area (Å²) in [5, 5.41) is 6.93. The molecule has 0 unspecified atom stereocenters. The van der Waals surface area contributed by atoms with Gasteiger partial charge in [0.1, 0.15) is 0 Å². The van der Waals surface area contributed by atoms with Gasteiger partial charge in [-0.1, -0.05) is 6.07 Å². The lowest BCUT2D eigenvalue weighted by atomic mass is 10.1. The Morgan fingerprint density at radius 2 is 1.92 bits per heavy atom. The summed E-state index contributed by atoms with van der Waals surface area (Å²) in [7, 11) is 0. The van der Waals surface area contributed by atoms with Crippen LogP contribution in [0.25, 0.3) is 16.9 Å². The fourth-order valence-electron chi connectivity index (χ4n) is 4.32. The number of hydrogen-bond donors (Lipinski definition) is 1. The van der Waals surface area contributed by atoms with Crippen LogP contribution in [0.15, 0.2) is 48.9 Å². The zero-order valence-electron chi connectivity index (χ0n) is 20.1. The molecule has 5 rings (SSSR count). The van der Waals surface area contributed by atoms with Crippen LogP contribution in [0.1, 0.15) is 46.2 Å². The highest BCUT2D eigenvalue weighted by Gasteiger charge is 2.35. The number of nitrogens with one attached hydrogen (secondary N) is 1. The molecule has 1 aliphatic rings. The van der Waals surface area contributed by atoms with Crippen LogP contribution in [-0.2, 0) is 23.8 Å². The van der Waals surface area contributed by atoms with Crippen molar-refractivity contribution in [3.05, 3.63) is 77.0 Å². The first-order chi connectivity index (χ1) is 17.7. The molecule has 0 saturated heterocycles. The van der Waals surface area contributed by atoms with E-state index >= 15 is 0 Å². The third kappa shape index (κ3) is 5.02. The van der Waals surface area contributed by atoms with Gasteiger partial charge in [0.25, 0.3) is 0 Å². The molecule has 0 aliphatic heterocycles. The average Bonchev–Trinajstić information content (AvgIpc) is 3.50. The van der Waals surface area contributed by atoms with Gasteiger partial charge in [-0.3, -0.25) is 4.98 Å². The predicted octanol–water partition coefficient (Wildman–Crippen LogP) is 5.46. The minimum absolute atomic E-state index is 0.106. The van der Waals surface area contributed by atoms with E-state index in [-0.39, 0.29) is 29.6 Å². The van der Waals surface area contributed by atoms with E-state index < -0.39 is 17.8 Å². The van der Waals surface area contributed by atoms with Gasteiger partial charge in [-0.2, -0.15) is 23.3 Å². The third-order valence-electron chi connectivity index (χ3n) is 6.06. The Bertz CT molecular complexity index is 1480. The number of hydrogen-bond acceptors (Lipinski definition) is 7. The third-order valence-corrected chi connectivity index (χ3v) is 6.06. The summed E-state index contributed by atoms with van der Waals surface area (Å²) in [4.78, 5) is 25.3. The maximum Gasteiger partial charge on any atom is 0.435 e. The fraction of sp³-hybridized carbons (Fsp3) is 0.269. The summed E-state index contributed by atoms with van der Waals surface area (Å²) >= 11 is 0. The monoisotopic (exact) mass is 508 g/mol. The van der Waals surface area contributed by atoms with E-state index in [1.807, 2.05) is 12.1 Å². The summed E-state index contributed by atoms with van der Waals surface area (Å²) < 4.78 is 46.4. The van der Waals surface area contributed by atoms with E-state index in [4.69, 9.17) is 4.74 Å². The molecule has 0 bridgehead atoms. The maximum absolute atomic E-state index is 13.4. The normalized spacial score (nSPS) is 12.9. The molecule has 0 amide bonds. The first-order valence-electron chi connectivity index (χ1n) is 11.8. The van der Waals surface area contributed by atoms with Gasteiger partial charge in [-0.15, -0.1) is 0 Å². The van der Waals surface area contributed by atoms with Crippen LogP contribution in [0.2, 0.25) is 0 Å². The molecule has 1 aromatic carbocycles. The lowest BCUT2D eigenvalue weighted by Gasteiger charge is -2.14. The topological polar surface area (TPSA) is 94.8 Å². The number of carbonyl (C=O) groups excluding carboxylic acids is 1. The standard InChI is InChI=1S/C26H23F3N6O2/c1-3-37-24(36)19-10-18(12-30-13-19)21-14-31-25(32-20-8-7-16-5-4-6-17(16)11-20)33-23(21)35-15(2)9-22(34-35)26(27,28)29/h7-14H,3-6H2,1-2H3,(H,31,32,33). The summed E-state index contributed by atoms with van der Waals surface area (Å²) in [5.41, 5.74) is 3.49. The first-order valence-corrected chi connectivity index (χ1v) is 11.8. The largest absolute Gasteiger partial charge is 0.462 e. The number of ether oxygens (including phenoxy) is 1. The quantitative estimate of drug-likeness (QED) is 0.346. The highest BCUT2D eigenvalue weighted by Crippen LogP contribution is 2.32. The molecule has 0 saturated carbocycles. The van der Waals surface area contributed by atoms with E-state index in [9.17, 15) is 18.0 Å². The first kappa shape index (κ1) is 24.4. The van der Waals surface area contributed by atoms with Crippen molar-refractivity contribution in [2.75, 3.05) is 11.9 Å². The molecule has 0 radical (unpaired) electrons. The molecule has 8 nitrogen and oxygen atoms in total. The van der Waals surface area contributed by atoms with Crippen LogP contribution < -0.4 is 5.32 Å². The van der Waals surface area contributed by atoms with Gasteiger partial charge in [-0.05, 0) is 68.5 Å². The van der Waals surface area contributed by atoms with Gasteiger partial charge < -0.3 is 10.1 Å². The highest BCUT2D eigenvalue weighted by atomic mass is 19.4. The van der Waals surface area contributed by atoms with Crippen molar-refractivity contribution in [2.45, 2.75) is 39.3 Å². The Hall–Kier alpha value is -4.28. The number of pyridine rings is 1. The Balaban J connectivity index is 1.60. The summed E-state index contributed by atoms with van der Waals surface area (Å²) in [5.74, 6) is -0.270. The van der Waals surface area contributed by atoms with Crippen LogP contribution >= 0.6 is 0 Å². The zero-order valence-corrected chi connectivity index (χ0v) is 20.1. The molecule has 11 heteroatoms. The predicted molar refractivity (Wildman–Crippen MR) is 130 cm³/mol. The van der Waals surface area contributed by atoms with Gasteiger partial charge in [0, 0.05) is 41.1 Å². The molecule has 3 aromatic heterocycles. The Kier molecular flexibility index (Phi) is 6.36. The van der Waals surface area contributed by atoms with Crippen molar-refractivity contribution in [3.8, 4) is 16.9 Å². The second-order valence-electron chi connectivity index (χ2n) is 8.66. The molecule has 0 spiro atoms. The summed E-state index contributed by atoms with van der Waals surface area (Å²) in [6.45, 7) is 3.38. The number of rotatable bonds is 6. The van der Waals surface area contributed by atoms with Crippen molar-refractivity contribution in [1.82, 2.24) is 24.7 Å². The highest BCUT2D eigenvalue weighted by molar-refractivity contribution is 5.91. The minimum atomic E-state index is -4.62. The number of alkyl halides is 3. The van der Waals surface area contributed by atoms with E-state index in [1.165, 1.54) is 42.7 Å². The van der Waals surface area contributed by atoms with Crippen LogP contribution in [0.3, 0.4) is 0 Å². The van der Waals surface area contributed by atoms with E-state index in [0.717, 1.165) is 35.7 Å². The second-order valence-corrected chi connectivity index (χ2v) is 8.66. The number of nitrogens with zero attached hydrogens (tertiary/aromatic N) is 5. The molecule has 1 N–H and O–H groups in total. The smallest absolute Gasteiger partial charge is 0.435 e. The number of esters is 1. The van der Waals surface area contributed by atoms with Crippen molar-refractivity contribution in [2.24, 2.45) is 0 Å². The molecular formula is C26H23F3N6O2. The summed E-state index contributed by atoms with van der Waals surface area (Å²) in [6.07, 6.45) is 2.82. The number of aryl methyl sites for hydroxylation is 3. The molecule has 37 heavy (non-hydrogen) atoms. The molecule has 1 aliphatic carbocycles. The van der Waals surface area contributed by atoms with Crippen LogP contribution in [-0.4, -0.2) is 37.3 Å². The number of fused-ring (bicyclic) bond motifs is 1. The lowest BCUT2D eigenvalue weighted by Crippen LogP contribution is -2.11. The lowest BCUT2D eigenvalue weighted by molar-refractivity contribution is -0.141. The fourth-order valence-corrected chi connectivity index (χ4v) is 4.32. The number of aromatic nitrogens is 5. The number of anilines is 2. The molecule has 0 fully saturated rings. The van der Waals surface area contributed by atoms with Gasteiger partial charge >= 0.3 is 12.1 Å². The average molecular weight is 509 g/mol. The van der Waals surface area contributed by atoms with E-state index in [0.29, 0.717) is 11.1 Å². The van der Waals surface area contributed by atoms with Gasteiger partial charge in [0.15, 0.2) is 11.5 Å². The Labute approximate surface area is 210 Å². The molecule has 3 heterocycles. The molecule has 0 atom stereocenters. The zero-order chi connectivity index (χ0) is 26.2. The molecule has 4 aromatic rings. The molecular weight excluding hydrogens is 485 g/mol.